The molecule has 0 radical (unpaired) electrons. The number of ether oxygens (including phenoxy) is 1. The lowest BCUT2D eigenvalue weighted by atomic mass is 10.1. The molecule has 0 unspecified atom stereocenters. The van der Waals surface area contributed by atoms with Gasteiger partial charge in [0.05, 0.1) is 5.54 Å². The van der Waals surface area contributed by atoms with Crippen LogP contribution in [0, 0.1) is 0 Å². The Morgan fingerprint density at radius 1 is 1.10 bits per heavy atom. The summed E-state index contributed by atoms with van der Waals surface area (Å²) in [5.41, 5.74) is 0.705. The molecule has 0 aliphatic rings. The zero-order valence-electron chi connectivity index (χ0n) is 19.7. The standard InChI is InChI=1S/C22H37N5O3.HI/c1-8-10-18(28)26-17-12-9-11-16(13-17)14-24-19(23-7)25-15-22(5,6)27-20(29)30-21(2,3)4;/h9,11-13H,8,10,14-15H2,1-7H3,(H,26,28)(H,27,29)(H2,23,24,25);1H. The molecule has 0 atom stereocenters. The number of guanidine groups is 1. The SMILES string of the molecule is CCCC(=O)Nc1cccc(CNC(=NC)NCC(C)(C)NC(=O)OC(C)(C)C)c1.I. The van der Waals surface area contributed by atoms with E-state index < -0.39 is 17.2 Å². The Hall–Kier alpha value is -2.04. The molecule has 1 aromatic rings. The third-order valence-electron chi connectivity index (χ3n) is 3.91. The van der Waals surface area contributed by atoms with Crippen LogP contribution in [0.1, 0.15) is 59.9 Å². The van der Waals surface area contributed by atoms with Crippen molar-refractivity contribution in [2.45, 2.75) is 72.1 Å². The molecule has 1 rings (SSSR count). The van der Waals surface area contributed by atoms with Gasteiger partial charge in [0.25, 0.3) is 0 Å². The van der Waals surface area contributed by atoms with Gasteiger partial charge in [0.2, 0.25) is 5.91 Å². The topological polar surface area (TPSA) is 104 Å². The Bertz CT molecular complexity index is 745. The summed E-state index contributed by atoms with van der Waals surface area (Å²) in [6.45, 7) is 12.3. The predicted octanol–water partition coefficient (Wildman–Crippen LogP) is 4.01. The molecular formula is C22H38IN5O3. The van der Waals surface area contributed by atoms with Gasteiger partial charge in [-0.1, -0.05) is 19.1 Å². The van der Waals surface area contributed by atoms with Gasteiger partial charge in [-0.15, -0.1) is 24.0 Å². The molecule has 0 heterocycles. The summed E-state index contributed by atoms with van der Waals surface area (Å²) in [4.78, 5) is 28.0. The van der Waals surface area contributed by atoms with Gasteiger partial charge in [-0.25, -0.2) is 4.79 Å². The number of amides is 2. The van der Waals surface area contributed by atoms with Gasteiger partial charge in [0, 0.05) is 32.2 Å². The second-order valence-corrected chi connectivity index (χ2v) is 8.79. The number of rotatable bonds is 8. The number of carbonyl (C=O) groups excluding carboxylic acids is 2. The monoisotopic (exact) mass is 547 g/mol. The van der Waals surface area contributed by atoms with E-state index in [9.17, 15) is 9.59 Å². The van der Waals surface area contributed by atoms with Gasteiger partial charge >= 0.3 is 6.09 Å². The summed E-state index contributed by atoms with van der Waals surface area (Å²) < 4.78 is 5.31. The van der Waals surface area contributed by atoms with E-state index in [0.29, 0.717) is 25.5 Å². The van der Waals surface area contributed by atoms with Crippen LogP contribution < -0.4 is 21.3 Å². The molecule has 0 aliphatic heterocycles. The van der Waals surface area contributed by atoms with Crippen LogP contribution >= 0.6 is 24.0 Å². The Labute approximate surface area is 203 Å². The van der Waals surface area contributed by atoms with Crippen molar-refractivity contribution in [3.05, 3.63) is 29.8 Å². The first-order chi connectivity index (χ1) is 13.9. The second kappa shape index (κ2) is 13.4. The van der Waals surface area contributed by atoms with E-state index in [1.54, 1.807) is 7.05 Å². The molecule has 0 spiro atoms. The Morgan fingerprint density at radius 3 is 2.35 bits per heavy atom. The molecule has 0 aliphatic carbocycles. The summed E-state index contributed by atoms with van der Waals surface area (Å²) in [6, 6.07) is 7.68. The van der Waals surface area contributed by atoms with E-state index >= 15 is 0 Å². The van der Waals surface area contributed by atoms with Crippen LogP contribution in [0.3, 0.4) is 0 Å². The summed E-state index contributed by atoms with van der Waals surface area (Å²) in [7, 11) is 1.69. The number of aliphatic imine (C=N–C) groups is 1. The highest BCUT2D eigenvalue weighted by molar-refractivity contribution is 14.0. The summed E-state index contributed by atoms with van der Waals surface area (Å²) in [5.74, 6) is 0.620. The van der Waals surface area contributed by atoms with Crippen molar-refractivity contribution in [2.24, 2.45) is 4.99 Å². The van der Waals surface area contributed by atoms with Crippen LogP contribution in [0.25, 0.3) is 0 Å². The molecule has 0 saturated carbocycles. The lowest BCUT2D eigenvalue weighted by molar-refractivity contribution is -0.116. The van der Waals surface area contributed by atoms with Crippen LogP contribution in [0.4, 0.5) is 10.5 Å². The molecule has 0 fully saturated rings. The Balaban J connectivity index is 0.00000900. The van der Waals surface area contributed by atoms with Gasteiger partial charge in [-0.3, -0.25) is 9.79 Å². The van der Waals surface area contributed by atoms with E-state index in [1.807, 2.05) is 65.8 Å². The highest BCUT2D eigenvalue weighted by Crippen LogP contribution is 2.12. The molecule has 9 heteroatoms. The van der Waals surface area contributed by atoms with Gasteiger partial charge < -0.3 is 26.0 Å². The van der Waals surface area contributed by atoms with Crippen molar-refractivity contribution in [3.8, 4) is 0 Å². The van der Waals surface area contributed by atoms with Gasteiger partial charge in [0.1, 0.15) is 5.60 Å². The number of alkyl carbamates (subject to hydrolysis) is 1. The first-order valence-corrected chi connectivity index (χ1v) is 10.3. The smallest absolute Gasteiger partial charge is 0.408 e. The molecule has 8 nitrogen and oxygen atoms in total. The summed E-state index contributed by atoms with van der Waals surface area (Å²) in [5, 5.41) is 12.2. The molecule has 4 N–H and O–H groups in total. The number of benzene rings is 1. The van der Waals surface area contributed by atoms with Crippen LogP contribution in [-0.2, 0) is 16.1 Å². The Kier molecular flexibility index (Phi) is 12.5. The number of hydrogen-bond acceptors (Lipinski definition) is 4. The predicted molar refractivity (Wildman–Crippen MR) is 137 cm³/mol. The largest absolute Gasteiger partial charge is 0.444 e. The van der Waals surface area contributed by atoms with Crippen molar-refractivity contribution in [3.63, 3.8) is 0 Å². The molecule has 1 aromatic carbocycles. The third-order valence-corrected chi connectivity index (χ3v) is 3.91. The first kappa shape index (κ1) is 29.0. The van der Waals surface area contributed by atoms with E-state index in [2.05, 4.69) is 26.3 Å². The fraction of sp³-hybridized carbons (Fsp3) is 0.591. The normalized spacial score (nSPS) is 11.8. The minimum Gasteiger partial charge on any atom is -0.444 e. The number of hydrogen-bond donors (Lipinski definition) is 4. The van der Waals surface area contributed by atoms with Gasteiger partial charge in [0.15, 0.2) is 5.96 Å². The maximum Gasteiger partial charge on any atom is 0.408 e. The Morgan fingerprint density at radius 2 is 1.77 bits per heavy atom. The lowest BCUT2D eigenvalue weighted by Gasteiger charge is -2.29. The van der Waals surface area contributed by atoms with E-state index in [4.69, 9.17) is 4.74 Å². The quantitative estimate of drug-likeness (QED) is 0.224. The molecule has 176 valence electrons. The van der Waals surface area contributed by atoms with Crippen molar-refractivity contribution in [2.75, 3.05) is 18.9 Å². The van der Waals surface area contributed by atoms with E-state index in [0.717, 1.165) is 17.7 Å². The average molecular weight is 547 g/mol. The van der Waals surface area contributed by atoms with Crippen LogP contribution in [0.5, 0.6) is 0 Å². The summed E-state index contributed by atoms with van der Waals surface area (Å²) >= 11 is 0. The van der Waals surface area contributed by atoms with Crippen molar-refractivity contribution in [1.82, 2.24) is 16.0 Å². The van der Waals surface area contributed by atoms with Crippen molar-refractivity contribution in [1.29, 1.82) is 0 Å². The zero-order valence-corrected chi connectivity index (χ0v) is 22.0. The highest BCUT2D eigenvalue weighted by atomic mass is 127. The highest BCUT2D eigenvalue weighted by Gasteiger charge is 2.24. The zero-order chi connectivity index (χ0) is 22.8. The number of nitrogens with zero attached hydrogens (tertiary/aromatic N) is 1. The minimum absolute atomic E-state index is 0. The van der Waals surface area contributed by atoms with Crippen LogP contribution in [0.2, 0.25) is 0 Å². The molecule has 31 heavy (non-hydrogen) atoms. The van der Waals surface area contributed by atoms with E-state index in [1.165, 1.54) is 0 Å². The van der Waals surface area contributed by atoms with Crippen LogP contribution in [0.15, 0.2) is 29.3 Å². The minimum atomic E-state index is -0.546. The molecule has 0 bridgehead atoms. The van der Waals surface area contributed by atoms with Crippen LogP contribution in [-0.4, -0.2) is 42.7 Å². The lowest BCUT2D eigenvalue weighted by Crippen LogP contribution is -2.54. The maximum absolute atomic E-state index is 12.0. The first-order valence-electron chi connectivity index (χ1n) is 10.3. The fourth-order valence-corrected chi connectivity index (χ4v) is 2.54. The third kappa shape index (κ3) is 13.1. The number of anilines is 1. The van der Waals surface area contributed by atoms with Crippen molar-refractivity contribution >= 4 is 47.6 Å². The average Bonchev–Trinajstić information content (AvgIpc) is 2.60. The molecule has 2 amide bonds. The van der Waals surface area contributed by atoms with Gasteiger partial charge in [-0.05, 0) is 58.7 Å². The molecule has 0 aromatic heterocycles. The van der Waals surface area contributed by atoms with Gasteiger partial charge in [-0.2, -0.15) is 0 Å². The number of nitrogens with one attached hydrogen (secondary N) is 4. The fourth-order valence-electron chi connectivity index (χ4n) is 2.54. The molecule has 0 saturated heterocycles. The van der Waals surface area contributed by atoms with E-state index in [-0.39, 0.29) is 29.9 Å². The number of carbonyl (C=O) groups is 2. The number of halogens is 1. The molecular weight excluding hydrogens is 509 g/mol. The summed E-state index contributed by atoms with van der Waals surface area (Å²) in [6.07, 6.45) is 0.861. The second-order valence-electron chi connectivity index (χ2n) is 8.79. The van der Waals surface area contributed by atoms with Crippen molar-refractivity contribution < 1.29 is 14.3 Å². The maximum atomic E-state index is 12.0.